The minimum Gasteiger partial charge on any atom is -0.490 e. The molecule has 1 amide bonds. The van der Waals surface area contributed by atoms with Crippen LogP contribution in [-0.2, 0) is 4.79 Å². The molecule has 2 aromatic rings. The Bertz CT molecular complexity index is 741. The summed E-state index contributed by atoms with van der Waals surface area (Å²) in [5, 5.41) is 11.8. The number of carbonyl (C=O) groups excluding carboxylic acids is 1. The standard InChI is InChI=1S/C17H15ClN2O3/c1-2-22-15-5-3-4-6-16(15)23-11-17(21)20-13-8-7-12(10-19)14(18)9-13/h3-9H,2,11H2,1H3,(H,20,21). The summed E-state index contributed by atoms with van der Waals surface area (Å²) in [5.74, 6) is 0.753. The molecule has 0 fully saturated rings. The molecular formula is C17H15ClN2O3. The molecule has 0 aliphatic heterocycles. The number of anilines is 1. The van der Waals surface area contributed by atoms with Crippen LogP contribution in [0.4, 0.5) is 5.69 Å². The van der Waals surface area contributed by atoms with E-state index in [1.54, 1.807) is 30.3 Å². The Morgan fingerprint density at radius 2 is 1.91 bits per heavy atom. The molecule has 23 heavy (non-hydrogen) atoms. The maximum Gasteiger partial charge on any atom is 0.262 e. The van der Waals surface area contributed by atoms with Crippen LogP contribution in [0.5, 0.6) is 11.5 Å². The molecule has 0 aliphatic carbocycles. The molecule has 0 aromatic heterocycles. The highest BCUT2D eigenvalue weighted by Gasteiger charge is 2.09. The van der Waals surface area contributed by atoms with Gasteiger partial charge in [0.25, 0.3) is 5.91 Å². The van der Waals surface area contributed by atoms with E-state index in [9.17, 15) is 4.79 Å². The third kappa shape index (κ3) is 4.63. The molecule has 2 rings (SSSR count). The Labute approximate surface area is 139 Å². The summed E-state index contributed by atoms with van der Waals surface area (Å²) in [6, 6.07) is 13.8. The van der Waals surface area contributed by atoms with Crippen molar-refractivity contribution in [2.45, 2.75) is 6.92 Å². The average Bonchev–Trinajstić information content (AvgIpc) is 2.54. The van der Waals surface area contributed by atoms with Gasteiger partial charge in [0.1, 0.15) is 6.07 Å². The molecular weight excluding hydrogens is 316 g/mol. The number of para-hydroxylation sites is 2. The molecule has 1 N–H and O–H groups in total. The summed E-state index contributed by atoms with van der Waals surface area (Å²) in [7, 11) is 0. The lowest BCUT2D eigenvalue weighted by atomic mass is 10.2. The normalized spacial score (nSPS) is 9.78. The fourth-order valence-corrected chi connectivity index (χ4v) is 2.09. The van der Waals surface area contributed by atoms with Crippen LogP contribution in [0.2, 0.25) is 5.02 Å². The van der Waals surface area contributed by atoms with Gasteiger partial charge in [-0.1, -0.05) is 23.7 Å². The van der Waals surface area contributed by atoms with Crippen LogP contribution in [-0.4, -0.2) is 19.1 Å². The maximum atomic E-state index is 11.9. The summed E-state index contributed by atoms with van der Waals surface area (Å²) in [5.41, 5.74) is 0.854. The van der Waals surface area contributed by atoms with Crippen LogP contribution in [0.25, 0.3) is 0 Å². The highest BCUT2D eigenvalue weighted by Crippen LogP contribution is 2.26. The van der Waals surface area contributed by atoms with Crippen molar-refractivity contribution in [3.63, 3.8) is 0 Å². The molecule has 118 valence electrons. The zero-order valence-electron chi connectivity index (χ0n) is 12.5. The molecule has 0 heterocycles. The number of nitriles is 1. The first kappa shape index (κ1) is 16.7. The van der Waals surface area contributed by atoms with E-state index in [0.29, 0.717) is 29.4 Å². The zero-order valence-corrected chi connectivity index (χ0v) is 13.3. The van der Waals surface area contributed by atoms with Crippen molar-refractivity contribution in [2.24, 2.45) is 0 Å². The van der Waals surface area contributed by atoms with Gasteiger partial charge in [0, 0.05) is 5.69 Å². The molecule has 0 spiro atoms. The number of halogens is 1. The Balaban J connectivity index is 1.96. The fourth-order valence-electron chi connectivity index (χ4n) is 1.87. The summed E-state index contributed by atoms with van der Waals surface area (Å²) in [4.78, 5) is 11.9. The van der Waals surface area contributed by atoms with Crippen LogP contribution in [0.1, 0.15) is 12.5 Å². The second-order valence-electron chi connectivity index (χ2n) is 4.52. The first-order chi connectivity index (χ1) is 11.1. The first-order valence-corrected chi connectivity index (χ1v) is 7.36. The summed E-state index contributed by atoms with van der Waals surface area (Å²) in [6.45, 7) is 2.22. The predicted octanol–water partition coefficient (Wildman–Crippen LogP) is 3.63. The van der Waals surface area contributed by atoms with Gasteiger partial charge in [0.2, 0.25) is 0 Å². The number of hydrogen-bond acceptors (Lipinski definition) is 4. The van der Waals surface area contributed by atoms with Gasteiger partial charge in [-0.2, -0.15) is 5.26 Å². The van der Waals surface area contributed by atoms with Gasteiger partial charge in [0.05, 0.1) is 17.2 Å². The topological polar surface area (TPSA) is 71.3 Å². The Morgan fingerprint density at radius 3 is 2.52 bits per heavy atom. The Kier molecular flexibility index (Phi) is 5.84. The molecule has 0 unspecified atom stereocenters. The van der Waals surface area contributed by atoms with E-state index in [4.69, 9.17) is 26.3 Å². The predicted molar refractivity (Wildman–Crippen MR) is 87.9 cm³/mol. The Hall–Kier alpha value is -2.71. The van der Waals surface area contributed by atoms with E-state index >= 15 is 0 Å². The second-order valence-corrected chi connectivity index (χ2v) is 4.93. The van der Waals surface area contributed by atoms with Crippen LogP contribution in [0.15, 0.2) is 42.5 Å². The molecule has 6 heteroatoms. The number of rotatable bonds is 6. The fraction of sp³-hybridized carbons (Fsp3) is 0.176. The monoisotopic (exact) mass is 330 g/mol. The molecule has 0 bridgehead atoms. The van der Waals surface area contributed by atoms with Crippen LogP contribution in [0.3, 0.4) is 0 Å². The minimum atomic E-state index is -0.336. The molecule has 2 aromatic carbocycles. The van der Waals surface area contributed by atoms with Gasteiger partial charge in [-0.05, 0) is 37.3 Å². The van der Waals surface area contributed by atoms with E-state index < -0.39 is 0 Å². The van der Waals surface area contributed by atoms with Gasteiger partial charge in [-0.25, -0.2) is 0 Å². The van der Waals surface area contributed by atoms with E-state index in [-0.39, 0.29) is 17.5 Å². The second kappa shape index (κ2) is 8.06. The molecule has 0 saturated carbocycles. The number of nitrogens with one attached hydrogen (secondary N) is 1. The number of hydrogen-bond donors (Lipinski definition) is 1. The molecule has 0 radical (unpaired) electrons. The summed E-state index contributed by atoms with van der Waals surface area (Å²) >= 11 is 5.92. The van der Waals surface area contributed by atoms with Gasteiger partial charge >= 0.3 is 0 Å². The third-order valence-corrected chi connectivity index (χ3v) is 3.19. The molecule has 5 nitrogen and oxygen atoms in total. The third-order valence-electron chi connectivity index (χ3n) is 2.88. The highest BCUT2D eigenvalue weighted by molar-refractivity contribution is 6.32. The van der Waals surface area contributed by atoms with Gasteiger partial charge in [-0.15, -0.1) is 0 Å². The largest absolute Gasteiger partial charge is 0.490 e. The average molecular weight is 331 g/mol. The van der Waals surface area contributed by atoms with Crippen molar-refractivity contribution in [3.05, 3.63) is 53.1 Å². The van der Waals surface area contributed by atoms with Crippen molar-refractivity contribution in [3.8, 4) is 17.6 Å². The van der Waals surface area contributed by atoms with Gasteiger partial charge in [-0.3, -0.25) is 4.79 Å². The minimum absolute atomic E-state index is 0.165. The molecule has 0 saturated heterocycles. The van der Waals surface area contributed by atoms with Crippen molar-refractivity contribution in [1.29, 1.82) is 5.26 Å². The maximum absolute atomic E-state index is 11.9. The van der Waals surface area contributed by atoms with Crippen LogP contribution >= 0.6 is 11.6 Å². The quantitative estimate of drug-likeness (QED) is 0.878. The zero-order chi connectivity index (χ0) is 16.7. The van der Waals surface area contributed by atoms with E-state index in [1.807, 2.05) is 19.1 Å². The van der Waals surface area contributed by atoms with E-state index in [1.165, 1.54) is 6.07 Å². The molecule has 0 atom stereocenters. The first-order valence-electron chi connectivity index (χ1n) is 6.98. The number of nitrogens with zero attached hydrogens (tertiary/aromatic N) is 1. The number of carbonyl (C=O) groups is 1. The van der Waals surface area contributed by atoms with Gasteiger partial charge < -0.3 is 14.8 Å². The van der Waals surface area contributed by atoms with Crippen LogP contribution in [0, 0.1) is 11.3 Å². The van der Waals surface area contributed by atoms with Crippen molar-refractivity contribution < 1.29 is 14.3 Å². The van der Waals surface area contributed by atoms with E-state index in [2.05, 4.69) is 5.32 Å². The SMILES string of the molecule is CCOc1ccccc1OCC(=O)Nc1ccc(C#N)c(Cl)c1. The van der Waals surface area contributed by atoms with E-state index in [0.717, 1.165) is 0 Å². The number of ether oxygens (including phenoxy) is 2. The lowest BCUT2D eigenvalue weighted by Crippen LogP contribution is -2.20. The summed E-state index contributed by atoms with van der Waals surface area (Å²) in [6.07, 6.45) is 0. The number of amides is 1. The lowest BCUT2D eigenvalue weighted by molar-refractivity contribution is -0.118. The number of benzene rings is 2. The Morgan fingerprint density at radius 1 is 1.22 bits per heavy atom. The van der Waals surface area contributed by atoms with Crippen molar-refractivity contribution >= 4 is 23.2 Å². The van der Waals surface area contributed by atoms with Gasteiger partial charge in [0.15, 0.2) is 18.1 Å². The smallest absolute Gasteiger partial charge is 0.262 e. The highest BCUT2D eigenvalue weighted by atomic mass is 35.5. The van der Waals surface area contributed by atoms with Crippen LogP contribution < -0.4 is 14.8 Å². The molecule has 0 aliphatic rings. The van der Waals surface area contributed by atoms with Crippen molar-refractivity contribution in [2.75, 3.05) is 18.5 Å². The lowest BCUT2D eigenvalue weighted by Gasteiger charge is -2.11. The van der Waals surface area contributed by atoms with Crippen molar-refractivity contribution in [1.82, 2.24) is 0 Å². The summed E-state index contributed by atoms with van der Waals surface area (Å²) < 4.78 is 10.9.